The summed E-state index contributed by atoms with van der Waals surface area (Å²) in [5.74, 6) is 0.0998. The summed E-state index contributed by atoms with van der Waals surface area (Å²) in [6.45, 7) is -0.558. The van der Waals surface area contributed by atoms with Crippen LogP contribution < -0.4 is 0 Å². The van der Waals surface area contributed by atoms with Crippen molar-refractivity contribution in [2.75, 3.05) is 0 Å². The molecule has 1 aliphatic carbocycles. The lowest BCUT2D eigenvalue weighted by molar-refractivity contribution is 0.0984. The number of aromatic nitrogens is 1. The lowest BCUT2D eigenvalue weighted by Crippen LogP contribution is -2.02. The van der Waals surface area contributed by atoms with E-state index in [2.05, 4.69) is 4.98 Å². The van der Waals surface area contributed by atoms with Crippen LogP contribution in [0.3, 0.4) is 0 Å². The molecule has 2 nitrogen and oxygen atoms in total. The summed E-state index contributed by atoms with van der Waals surface area (Å²) < 4.78 is 13.2. The molecule has 2 aromatic rings. The van der Waals surface area contributed by atoms with Gasteiger partial charge >= 0.3 is 0 Å². The Labute approximate surface area is 98.1 Å². The molecule has 3 heteroatoms. The topological polar surface area (TPSA) is 32.9 Å². The maximum Gasteiger partial charge on any atom is 0.163 e. The Balaban J connectivity index is 2.40. The third-order valence-electron chi connectivity index (χ3n) is 3.25. The number of hydrogen-bond donors (Lipinski definition) is 1. The Hall–Kier alpha value is -1.90. The quantitative estimate of drug-likeness (QED) is 0.795. The number of halogens is 1. The molecule has 1 aromatic carbocycles. The summed E-state index contributed by atoms with van der Waals surface area (Å²) in [7, 11) is 0. The second kappa shape index (κ2) is 3.84. The predicted molar refractivity (Wildman–Crippen MR) is 65.7 cm³/mol. The smallest absolute Gasteiger partial charge is 0.163 e. The minimum absolute atomic E-state index is 0.0998. The second-order valence-corrected chi connectivity index (χ2v) is 4.26. The molecule has 0 aliphatic heterocycles. The fourth-order valence-corrected chi connectivity index (χ4v) is 2.40. The van der Waals surface area contributed by atoms with Gasteiger partial charge in [-0.1, -0.05) is 12.2 Å². The van der Waals surface area contributed by atoms with Crippen LogP contribution in [0.1, 0.15) is 34.3 Å². The molecule has 0 spiro atoms. The average molecular weight is 229 g/mol. The maximum absolute atomic E-state index is 13.2. The Morgan fingerprint density at radius 1 is 1.41 bits per heavy atom. The number of hydrogen-bond acceptors (Lipinski definition) is 1. The van der Waals surface area contributed by atoms with Gasteiger partial charge in [0, 0.05) is 29.1 Å². The minimum atomic E-state index is -0.558. The Bertz CT molecular complexity index is 624. The van der Waals surface area contributed by atoms with Crippen molar-refractivity contribution in [3.63, 3.8) is 0 Å². The monoisotopic (exact) mass is 229 g/mol. The standard InChI is InChI=1S/C14H12FNO/c15-8-12-10-3-1-2-4-13(17)11(10)7-9-5-6-16-14(9)12/h1,3,5-7,16H,2,4,8H2. The predicted octanol–water partition coefficient (Wildman–Crippen LogP) is 3.63. The van der Waals surface area contributed by atoms with E-state index in [0.29, 0.717) is 17.5 Å². The lowest BCUT2D eigenvalue weighted by Gasteiger charge is -2.09. The Morgan fingerprint density at radius 3 is 3.12 bits per heavy atom. The highest BCUT2D eigenvalue weighted by molar-refractivity contribution is 6.05. The summed E-state index contributed by atoms with van der Waals surface area (Å²) in [5.41, 5.74) is 2.78. The van der Waals surface area contributed by atoms with Crippen LogP contribution in [0, 0.1) is 0 Å². The number of carbonyl (C=O) groups is 1. The number of nitrogens with one attached hydrogen (secondary N) is 1. The molecule has 0 saturated carbocycles. The summed E-state index contributed by atoms with van der Waals surface area (Å²) in [4.78, 5) is 15.0. The van der Waals surface area contributed by atoms with Crippen LogP contribution in [0.5, 0.6) is 0 Å². The molecule has 0 atom stereocenters. The van der Waals surface area contributed by atoms with Crippen LogP contribution in [0.15, 0.2) is 24.4 Å². The van der Waals surface area contributed by atoms with Gasteiger partial charge in [0.25, 0.3) is 0 Å². The van der Waals surface area contributed by atoms with E-state index in [4.69, 9.17) is 0 Å². The van der Waals surface area contributed by atoms with Gasteiger partial charge < -0.3 is 4.98 Å². The lowest BCUT2D eigenvalue weighted by atomic mass is 9.96. The van der Waals surface area contributed by atoms with E-state index in [0.717, 1.165) is 22.9 Å². The molecular formula is C14H12FNO. The van der Waals surface area contributed by atoms with E-state index >= 15 is 0 Å². The van der Waals surface area contributed by atoms with Gasteiger partial charge in [-0.3, -0.25) is 4.79 Å². The minimum Gasteiger partial charge on any atom is -0.361 e. The van der Waals surface area contributed by atoms with E-state index in [1.165, 1.54) is 0 Å². The number of carbonyl (C=O) groups excluding carboxylic acids is 1. The number of benzene rings is 1. The first-order chi connectivity index (χ1) is 8.31. The van der Waals surface area contributed by atoms with Crippen molar-refractivity contribution in [2.45, 2.75) is 19.5 Å². The summed E-state index contributed by atoms with van der Waals surface area (Å²) in [6.07, 6.45) is 6.82. The normalized spacial score (nSPS) is 15.0. The maximum atomic E-state index is 13.2. The number of ketones is 1. The second-order valence-electron chi connectivity index (χ2n) is 4.26. The zero-order chi connectivity index (χ0) is 11.8. The van der Waals surface area contributed by atoms with Crippen LogP contribution >= 0.6 is 0 Å². The molecule has 1 N–H and O–H groups in total. The fraction of sp³-hybridized carbons (Fsp3) is 0.214. The number of Topliss-reactive ketones (excluding diaryl/α,β-unsaturated/α-hetero) is 1. The molecule has 0 radical (unpaired) electrons. The first-order valence-corrected chi connectivity index (χ1v) is 5.70. The highest BCUT2D eigenvalue weighted by atomic mass is 19.1. The van der Waals surface area contributed by atoms with Crippen molar-refractivity contribution >= 4 is 22.8 Å². The number of aromatic amines is 1. The van der Waals surface area contributed by atoms with Crippen LogP contribution in [0.25, 0.3) is 17.0 Å². The van der Waals surface area contributed by atoms with Crippen LogP contribution in [-0.2, 0) is 6.67 Å². The highest BCUT2D eigenvalue weighted by Crippen LogP contribution is 2.30. The van der Waals surface area contributed by atoms with Gasteiger partial charge in [-0.2, -0.15) is 0 Å². The van der Waals surface area contributed by atoms with Gasteiger partial charge in [-0.25, -0.2) is 4.39 Å². The van der Waals surface area contributed by atoms with Gasteiger partial charge in [0.1, 0.15) is 6.67 Å². The molecule has 0 saturated heterocycles. The number of rotatable bonds is 1. The van der Waals surface area contributed by atoms with Gasteiger partial charge in [-0.15, -0.1) is 0 Å². The van der Waals surface area contributed by atoms with Crippen LogP contribution in [-0.4, -0.2) is 10.8 Å². The third kappa shape index (κ3) is 1.50. The molecule has 1 heterocycles. The van der Waals surface area contributed by atoms with Gasteiger partial charge in [0.15, 0.2) is 5.78 Å². The van der Waals surface area contributed by atoms with Gasteiger partial charge in [0.05, 0.1) is 5.52 Å². The molecule has 17 heavy (non-hydrogen) atoms. The zero-order valence-corrected chi connectivity index (χ0v) is 9.29. The summed E-state index contributed by atoms with van der Waals surface area (Å²) >= 11 is 0. The molecule has 0 unspecified atom stereocenters. The molecule has 0 fully saturated rings. The number of alkyl halides is 1. The largest absolute Gasteiger partial charge is 0.361 e. The van der Waals surface area contributed by atoms with E-state index in [1.54, 1.807) is 6.20 Å². The highest BCUT2D eigenvalue weighted by Gasteiger charge is 2.18. The number of allylic oxidation sites excluding steroid dienone is 1. The van der Waals surface area contributed by atoms with Crippen LogP contribution in [0.4, 0.5) is 4.39 Å². The first kappa shape index (κ1) is 10.3. The number of H-pyrrole nitrogens is 1. The molecule has 0 bridgehead atoms. The van der Waals surface area contributed by atoms with Crippen molar-refractivity contribution in [1.29, 1.82) is 0 Å². The average Bonchev–Trinajstić information content (AvgIpc) is 2.72. The van der Waals surface area contributed by atoms with Crippen molar-refractivity contribution < 1.29 is 9.18 Å². The molecule has 1 aromatic heterocycles. The fourth-order valence-electron chi connectivity index (χ4n) is 2.40. The van der Waals surface area contributed by atoms with E-state index < -0.39 is 6.67 Å². The van der Waals surface area contributed by atoms with Crippen molar-refractivity contribution in [1.82, 2.24) is 4.98 Å². The Kier molecular flexibility index (Phi) is 2.32. The molecule has 3 rings (SSSR count). The summed E-state index contributed by atoms with van der Waals surface area (Å²) in [6, 6.07) is 3.73. The first-order valence-electron chi connectivity index (χ1n) is 5.70. The molecule has 1 aliphatic rings. The van der Waals surface area contributed by atoms with Gasteiger partial charge in [0.2, 0.25) is 0 Å². The van der Waals surface area contributed by atoms with Crippen molar-refractivity contribution in [2.24, 2.45) is 0 Å². The van der Waals surface area contributed by atoms with Crippen LogP contribution in [0.2, 0.25) is 0 Å². The van der Waals surface area contributed by atoms with E-state index in [1.807, 2.05) is 24.3 Å². The number of fused-ring (bicyclic) bond motifs is 2. The van der Waals surface area contributed by atoms with Gasteiger partial charge in [-0.05, 0) is 24.1 Å². The third-order valence-corrected chi connectivity index (χ3v) is 3.25. The zero-order valence-electron chi connectivity index (χ0n) is 9.29. The molecule has 86 valence electrons. The Morgan fingerprint density at radius 2 is 2.29 bits per heavy atom. The van der Waals surface area contributed by atoms with E-state index in [9.17, 15) is 9.18 Å². The van der Waals surface area contributed by atoms with Crippen molar-refractivity contribution in [3.05, 3.63) is 41.1 Å². The van der Waals surface area contributed by atoms with E-state index in [-0.39, 0.29) is 5.78 Å². The SMILES string of the molecule is O=C1CCC=Cc2c1cc1cc[nH]c1c2CF. The molecule has 0 amide bonds. The van der Waals surface area contributed by atoms with Crippen molar-refractivity contribution in [3.8, 4) is 0 Å². The molecular weight excluding hydrogens is 217 g/mol. The summed E-state index contributed by atoms with van der Waals surface area (Å²) in [5, 5.41) is 0.903.